The van der Waals surface area contributed by atoms with Gasteiger partial charge in [0.15, 0.2) is 0 Å². The predicted molar refractivity (Wildman–Crippen MR) is 104 cm³/mol. The highest BCUT2D eigenvalue weighted by molar-refractivity contribution is 7.89. The van der Waals surface area contributed by atoms with Crippen molar-refractivity contribution in [3.63, 3.8) is 0 Å². The number of carbonyl (C=O) groups is 2. The molecular weight excluding hydrogens is 406 g/mol. The Balaban J connectivity index is 1.68. The molecule has 0 spiro atoms. The number of nitrogens with zero attached hydrogens (tertiary/aromatic N) is 3. The van der Waals surface area contributed by atoms with Crippen LogP contribution in [0.25, 0.3) is 0 Å². The van der Waals surface area contributed by atoms with Gasteiger partial charge in [0.1, 0.15) is 6.04 Å². The SMILES string of the molecule is CCOC(=O)N1CCN(C(=O)[C@H]2CCCN2S(=O)(=O)c2ccc(Cl)cc2)CC1. The molecule has 2 aliphatic heterocycles. The third kappa shape index (κ3) is 4.26. The van der Waals surface area contributed by atoms with Crippen LogP contribution in [0.3, 0.4) is 0 Å². The molecule has 1 aromatic rings. The lowest BCUT2D eigenvalue weighted by molar-refractivity contribution is -0.136. The third-order valence-corrected chi connectivity index (χ3v) is 7.20. The Bertz CT molecular complexity index is 822. The van der Waals surface area contributed by atoms with Crippen LogP contribution in [0.5, 0.6) is 0 Å². The molecule has 0 N–H and O–H groups in total. The Morgan fingerprint density at radius 3 is 2.29 bits per heavy atom. The first-order chi connectivity index (χ1) is 13.3. The predicted octanol–water partition coefficient (Wildman–Crippen LogP) is 1.79. The van der Waals surface area contributed by atoms with Crippen molar-refractivity contribution < 1.29 is 22.7 Å². The molecular formula is C18H24ClN3O5S. The number of hydrogen-bond acceptors (Lipinski definition) is 5. The van der Waals surface area contributed by atoms with Crippen LogP contribution in [-0.4, -0.2) is 79.9 Å². The molecule has 154 valence electrons. The van der Waals surface area contributed by atoms with Crippen molar-refractivity contribution in [2.75, 3.05) is 39.3 Å². The summed E-state index contributed by atoms with van der Waals surface area (Å²) in [6.07, 6.45) is 0.734. The van der Waals surface area contributed by atoms with Crippen molar-refractivity contribution >= 4 is 33.6 Å². The summed E-state index contributed by atoms with van der Waals surface area (Å²) in [5.41, 5.74) is 0. The van der Waals surface area contributed by atoms with Crippen LogP contribution in [0.4, 0.5) is 4.79 Å². The molecule has 2 amide bonds. The molecule has 10 heteroatoms. The van der Waals surface area contributed by atoms with Gasteiger partial charge in [0.25, 0.3) is 0 Å². The molecule has 0 aliphatic carbocycles. The Kier molecular flexibility index (Phi) is 6.47. The van der Waals surface area contributed by atoms with E-state index in [1.54, 1.807) is 16.7 Å². The molecule has 0 aromatic heterocycles. The number of benzene rings is 1. The summed E-state index contributed by atoms with van der Waals surface area (Å²) in [6.45, 7) is 3.84. The fraction of sp³-hybridized carbons (Fsp3) is 0.556. The zero-order chi connectivity index (χ0) is 20.3. The van der Waals surface area contributed by atoms with E-state index in [4.69, 9.17) is 16.3 Å². The second kappa shape index (κ2) is 8.67. The van der Waals surface area contributed by atoms with E-state index in [1.165, 1.54) is 28.6 Å². The van der Waals surface area contributed by atoms with E-state index < -0.39 is 16.1 Å². The zero-order valence-corrected chi connectivity index (χ0v) is 17.3. The maximum absolute atomic E-state index is 13.0. The van der Waals surface area contributed by atoms with Crippen molar-refractivity contribution in [1.29, 1.82) is 0 Å². The van der Waals surface area contributed by atoms with E-state index in [-0.39, 0.29) is 16.9 Å². The molecule has 0 saturated carbocycles. The Hall–Kier alpha value is -1.84. The van der Waals surface area contributed by atoms with Crippen LogP contribution >= 0.6 is 11.6 Å². The smallest absolute Gasteiger partial charge is 0.409 e. The van der Waals surface area contributed by atoms with Crippen LogP contribution in [0.1, 0.15) is 19.8 Å². The summed E-state index contributed by atoms with van der Waals surface area (Å²) < 4.78 is 32.3. The van der Waals surface area contributed by atoms with Gasteiger partial charge in [-0.1, -0.05) is 11.6 Å². The topological polar surface area (TPSA) is 87.2 Å². The number of amides is 2. The number of sulfonamides is 1. The second-order valence-electron chi connectivity index (χ2n) is 6.74. The van der Waals surface area contributed by atoms with Gasteiger partial charge in [-0.2, -0.15) is 4.31 Å². The lowest BCUT2D eigenvalue weighted by atomic mass is 10.2. The van der Waals surface area contributed by atoms with Gasteiger partial charge in [-0.05, 0) is 44.0 Å². The minimum absolute atomic E-state index is 0.128. The third-order valence-electron chi connectivity index (χ3n) is 5.03. The fourth-order valence-corrected chi connectivity index (χ4v) is 5.33. The van der Waals surface area contributed by atoms with Crippen LogP contribution in [0.15, 0.2) is 29.2 Å². The molecule has 2 fully saturated rings. The van der Waals surface area contributed by atoms with Crippen LogP contribution in [0.2, 0.25) is 5.02 Å². The number of ether oxygens (including phenoxy) is 1. The molecule has 1 atom stereocenters. The van der Waals surface area contributed by atoms with Crippen molar-refractivity contribution in [3.8, 4) is 0 Å². The molecule has 2 heterocycles. The molecule has 0 radical (unpaired) electrons. The lowest BCUT2D eigenvalue weighted by Gasteiger charge is -2.36. The maximum atomic E-state index is 13.0. The van der Waals surface area contributed by atoms with Gasteiger partial charge in [0.05, 0.1) is 11.5 Å². The first kappa shape index (κ1) is 20.9. The van der Waals surface area contributed by atoms with Crippen molar-refractivity contribution in [2.45, 2.75) is 30.7 Å². The van der Waals surface area contributed by atoms with Gasteiger partial charge >= 0.3 is 6.09 Å². The first-order valence-electron chi connectivity index (χ1n) is 9.32. The van der Waals surface area contributed by atoms with E-state index in [2.05, 4.69) is 0 Å². The van der Waals surface area contributed by atoms with Crippen molar-refractivity contribution in [3.05, 3.63) is 29.3 Å². The average molecular weight is 430 g/mol. The minimum atomic E-state index is -3.78. The molecule has 0 bridgehead atoms. The number of rotatable bonds is 4. The highest BCUT2D eigenvalue weighted by atomic mass is 35.5. The van der Waals surface area contributed by atoms with Crippen LogP contribution in [0, 0.1) is 0 Å². The lowest BCUT2D eigenvalue weighted by Crippen LogP contribution is -2.55. The Morgan fingerprint density at radius 1 is 1.07 bits per heavy atom. The average Bonchev–Trinajstić information content (AvgIpc) is 3.19. The summed E-state index contributed by atoms with van der Waals surface area (Å²) in [5.74, 6) is -0.210. The van der Waals surface area contributed by atoms with Gasteiger partial charge in [-0.25, -0.2) is 13.2 Å². The molecule has 8 nitrogen and oxygen atoms in total. The normalized spacial score (nSPS) is 21.0. The first-order valence-corrected chi connectivity index (χ1v) is 11.1. The largest absolute Gasteiger partial charge is 0.450 e. The van der Waals surface area contributed by atoms with Gasteiger partial charge in [-0.3, -0.25) is 4.79 Å². The highest BCUT2D eigenvalue weighted by Gasteiger charge is 2.41. The van der Waals surface area contributed by atoms with Gasteiger partial charge in [-0.15, -0.1) is 0 Å². The van der Waals surface area contributed by atoms with Crippen LogP contribution < -0.4 is 0 Å². The summed E-state index contributed by atoms with van der Waals surface area (Å²) in [6, 6.07) is 5.24. The number of carbonyl (C=O) groups excluding carboxylic acids is 2. The van der Waals surface area contributed by atoms with E-state index >= 15 is 0 Å². The Labute approximate surface area is 170 Å². The maximum Gasteiger partial charge on any atom is 0.409 e. The summed E-state index contributed by atoms with van der Waals surface area (Å²) in [4.78, 5) is 28.1. The van der Waals surface area contributed by atoms with Gasteiger partial charge in [0, 0.05) is 37.7 Å². The van der Waals surface area contributed by atoms with Gasteiger partial charge in [0.2, 0.25) is 15.9 Å². The highest BCUT2D eigenvalue weighted by Crippen LogP contribution is 2.28. The van der Waals surface area contributed by atoms with E-state index in [1.807, 2.05) is 0 Å². The van der Waals surface area contributed by atoms with Crippen molar-refractivity contribution in [1.82, 2.24) is 14.1 Å². The Morgan fingerprint density at radius 2 is 1.68 bits per heavy atom. The van der Waals surface area contributed by atoms with Crippen LogP contribution in [-0.2, 0) is 19.6 Å². The molecule has 28 heavy (non-hydrogen) atoms. The summed E-state index contributed by atoms with van der Waals surface area (Å²) in [7, 11) is -3.78. The minimum Gasteiger partial charge on any atom is -0.450 e. The summed E-state index contributed by atoms with van der Waals surface area (Å²) in [5, 5.41) is 0.451. The van der Waals surface area contributed by atoms with Crippen molar-refractivity contribution in [2.24, 2.45) is 0 Å². The molecule has 1 aromatic carbocycles. The van der Waals surface area contributed by atoms with Gasteiger partial charge < -0.3 is 14.5 Å². The van der Waals surface area contributed by atoms with E-state index in [0.717, 1.165) is 0 Å². The molecule has 0 unspecified atom stereocenters. The number of hydrogen-bond donors (Lipinski definition) is 0. The summed E-state index contributed by atoms with van der Waals surface area (Å²) >= 11 is 5.85. The van der Waals surface area contributed by atoms with E-state index in [9.17, 15) is 18.0 Å². The number of piperazine rings is 1. The number of halogens is 1. The molecule has 2 saturated heterocycles. The standard InChI is InChI=1S/C18H24ClN3O5S/c1-2-27-18(24)21-12-10-20(11-13-21)17(23)16-4-3-9-22(16)28(25,26)15-7-5-14(19)6-8-15/h5-8,16H,2-4,9-13H2,1H3/t16-/m1/s1. The molecule has 3 rings (SSSR count). The fourth-order valence-electron chi connectivity index (χ4n) is 3.55. The quantitative estimate of drug-likeness (QED) is 0.728. The van der Waals surface area contributed by atoms with E-state index in [0.29, 0.717) is 57.2 Å². The monoisotopic (exact) mass is 429 g/mol. The molecule has 2 aliphatic rings. The zero-order valence-electron chi connectivity index (χ0n) is 15.7. The second-order valence-corrected chi connectivity index (χ2v) is 9.07.